The third-order valence-electron chi connectivity index (χ3n) is 3.29. The van der Waals surface area contributed by atoms with Crippen molar-refractivity contribution in [2.45, 2.75) is 25.2 Å². The Morgan fingerprint density at radius 3 is 2.94 bits per heavy atom. The quantitative estimate of drug-likeness (QED) is 0.591. The van der Waals surface area contributed by atoms with Gasteiger partial charge in [-0.25, -0.2) is 0 Å². The first-order chi connectivity index (χ1) is 8.66. The van der Waals surface area contributed by atoms with Gasteiger partial charge < -0.3 is 0 Å². The zero-order valence-electron chi connectivity index (χ0n) is 9.41. The normalized spacial score (nSPS) is 18.7. The van der Waals surface area contributed by atoms with Crippen molar-refractivity contribution in [1.29, 1.82) is 0 Å². The zero-order chi connectivity index (χ0) is 12.7. The smallest absolute Gasteiger partial charge is 0.172 e. The lowest BCUT2D eigenvalue weighted by molar-refractivity contribution is 0.0951. The number of carbonyl (C=O) groups is 1. The van der Waals surface area contributed by atoms with Crippen LogP contribution in [0.2, 0.25) is 0 Å². The maximum Gasteiger partial charge on any atom is 0.172 e. The van der Waals surface area contributed by atoms with Crippen molar-refractivity contribution in [3.05, 3.63) is 41.1 Å². The summed E-state index contributed by atoms with van der Waals surface area (Å²) < 4.78 is 1.93. The molecule has 1 unspecified atom stereocenters. The van der Waals surface area contributed by atoms with Crippen molar-refractivity contribution in [2.75, 3.05) is 0 Å². The Bertz CT molecular complexity index is 600. The Balaban J connectivity index is 1.98. The lowest BCUT2D eigenvalue weighted by Gasteiger charge is -2.21. The van der Waals surface area contributed by atoms with Crippen LogP contribution in [0, 0.1) is 0 Å². The fourth-order valence-corrected chi connectivity index (χ4v) is 6.26. The molecule has 0 spiro atoms. The molecule has 5 heteroatoms. The van der Waals surface area contributed by atoms with Gasteiger partial charge in [-0.1, -0.05) is 0 Å². The SMILES string of the molecule is O=C(c1cc(Br)sc1Br)C1CCCc2sccc21. The van der Waals surface area contributed by atoms with Crippen LogP contribution in [0.4, 0.5) is 0 Å². The molecule has 1 aliphatic rings. The van der Waals surface area contributed by atoms with Crippen LogP contribution in [0.1, 0.15) is 39.6 Å². The molecule has 0 saturated heterocycles. The van der Waals surface area contributed by atoms with Gasteiger partial charge in [0.15, 0.2) is 5.78 Å². The predicted molar refractivity (Wildman–Crippen MR) is 84.0 cm³/mol. The number of hydrogen-bond donors (Lipinski definition) is 0. The molecule has 0 aliphatic heterocycles. The first-order valence-corrected chi connectivity index (χ1v) is 9.00. The van der Waals surface area contributed by atoms with E-state index >= 15 is 0 Å². The van der Waals surface area contributed by atoms with Crippen molar-refractivity contribution in [3.8, 4) is 0 Å². The molecular weight excluding hydrogens is 396 g/mol. The number of aryl methyl sites for hydroxylation is 1. The van der Waals surface area contributed by atoms with Crippen LogP contribution in [0.3, 0.4) is 0 Å². The van der Waals surface area contributed by atoms with E-state index in [0.29, 0.717) is 0 Å². The fourth-order valence-electron chi connectivity index (χ4n) is 2.45. The van der Waals surface area contributed by atoms with E-state index in [4.69, 9.17) is 0 Å². The monoisotopic (exact) mass is 404 g/mol. The number of thiophene rings is 2. The lowest BCUT2D eigenvalue weighted by atomic mass is 9.83. The summed E-state index contributed by atoms with van der Waals surface area (Å²) in [5, 5.41) is 2.11. The van der Waals surface area contributed by atoms with Gasteiger partial charge in [0.2, 0.25) is 0 Å². The molecule has 18 heavy (non-hydrogen) atoms. The Kier molecular flexibility index (Phi) is 3.76. The summed E-state index contributed by atoms with van der Waals surface area (Å²) in [4.78, 5) is 14.0. The van der Waals surface area contributed by atoms with Crippen LogP contribution in [0.25, 0.3) is 0 Å². The Labute approximate surface area is 130 Å². The lowest BCUT2D eigenvalue weighted by Crippen LogP contribution is -2.17. The molecule has 1 atom stereocenters. The van der Waals surface area contributed by atoms with E-state index in [2.05, 4.69) is 43.3 Å². The van der Waals surface area contributed by atoms with Gasteiger partial charge in [0, 0.05) is 16.4 Å². The van der Waals surface area contributed by atoms with E-state index in [-0.39, 0.29) is 11.7 Å². The first-order valence-electron chi connectivity index (χ1n) is 5.72. The molecule has 0 saturated carbocycles. The summed E-state index contributed by atoms with van der Waals surface area (Å²) in [6, 6.07) is 4.05. The van der Waals surface area contributed by atoms with Gasteiger partial charge in [-0.15, -0.1) is 22.7 Å². The van der Waals surface area contributed by atoms with Gasteiger partial charge in [-0.2, -0.15) is 0 Å². The second kappa shape index (κ2) is 5.19. The van der Waals surface area contributed by atoms with Gasteiger partial charge in [0.05, 0.1) is 7.57 Å². The third-order valence-corrected chi connectivity index (χ3v) is 6.63. The molecule has 0 N–H and O–H groups in total. The maximum absolute atomic E-state index is 12.7. The number of Topliss-reactive ketones (excluding diaryl/α,β-unsaturated/α-hetero) is 1. The van der Waals surface area contributed by atoms with E-state index in [1.165, 1.54) is 10.4 Å². The molecular formula is C13H10Br2OS2. The molecule has 0 bridgehead atoms. The molecule has 0 amide bonds. The van der Waals surface area contributed by atoms with Crippen molar-refractivity contribution < 1.29 is 4.79 Å². The minimum Gasteiger partial charge on any atom is -0.293 e. The maximum atomic E-state index is 12.7. The molecule has 94 valence electrons. The highest BCUT2D eigenvalue weighted by molar-refractivity contribution is 9.12. The largest absolute Gasteiger partial charge is 0.293 e. The summed E-state index contributed by atoms with van der Waals surface area (Å²) in [7, 11) is 0. The number of fused-ring (bicyclic) bond motifs is 1. The number of carbonyl (C=O) groups excluding carboxylic acids is 1. The van der Waals surface area contributed by atoms with Gasteiger partial charge in [0.25, 0.3) is 0 Å². The van der Waals surface area contributed by atoms with Gasteiger partial charge in [-0.3, -0.25) is 4.79 Å². The summed E-state index contributed by atoms with van der Waals surface area (Å²) in [5.41, 5.74) is 2.07. The van der Waals surface area contributed by atoms with Crippen molar-refractivity contribution in [1.82, 2.24) is 0 Å². The summed E-state index contributed by atoms with van der Waals surface area (Å²) in [6.45, 7) is 0. The van der Waals surface area contributed by atoms with Crippen LogP contribution in [0.15, 0.2) is 25.1 Å². The fraction of sp³-hybridized carbons (Fsp3) is 0.308. The Morgan fingerprint density at radius 1 is 1.39 bits per heavy atom. The van der Waals surface area contributed by atoms with Crippen LogP contribution in [-0.4, -0.2) is 5.78 Å². The molecule has 2 aromatic rings. The second-order valence-electron chi connectivity index (χ2n) is 4.35. The van der Waals surface area contributed by atoms with E-state index in [1.807, 2.05) is 6.07 Å². The average Bonchev–Trinajstić information content (AvgIpc) is 2.94. The van der Waals surface area contributed by atoms with Crippen molar-refractivity contribution >= 4 is 60.3 Å². The highest BCUT2D eigenvalue weighted by Crippen LogP contribution is 2.40. The molecule has 1 aliphatic carbocycles. The average molecular weight is 406 g/mol. The summed E-state index contributed by atoms with van der Waals surface area (Å²) in [6.07, 6.45) is 3.22. The molecule has 1 nitrogen and oxygen atoms in total. The molecule has 0 radical (unpaired) electrons. The first kappa shape index (κ1) is 13.0. The number of rotatable bonds is 2. The van der Waals surface area contributed by atoms with Gasteiger partial charge in [-0.05, 0) is 74.2 Å². The second-order valence-corrected chi connectivity index (χ2v) is 9.10. The third kappa shape index (κ3) is 2.26. The minimum atomic E-state index is 0.0535. The molecule has 0 fully saturated rings. The van der Waals surface area contributed by atoms with E-state index < -0.39 is 0 Å². The predicted octanol–water partition coefficient (Wildman–Crippen LogP) is 5.64. The van der Waals surface area contributed by atoms with Crippen LogP contribution >= 0.6 is 54.5 Å². The van der Waals surface area contributed by atoms with Crippen molar-refractivity contribution in [3.63, 3.8) is 0 Å². The van der Waals surface area contributed by atoms with Crippen LogP contribution in [-0.2, 0) is 6.42 Å². The Morgan fingerprint density at radius 2 is 2.22 bits per heavy atom. The zero-order valence-corrected chi connectivity index (χ0v) is 14.2. The summed E-state index contributed by atoms with van der Waals surface area (Å²) in [5.74, 6) is 0.306. The van der Waals surface area contributed by atoms with E-state index in [1.54, 1.807) is 22.7 Å². The van der Waals surface area contributed by atoms with Gasteiger partial charge >= 0.3 is 0 Å². The van der Waals surface area contributed by atoms with E-state index in [9.17, 15) is 4.79 Å². The standard InChI is InChI=1S/C13H10Br2OS2/c14-11-6-9(13(15)18-11)12(16)8-2-1-3-10-7(8)4-5-17-10/h4-6,8H,1-3H2. The van der Waals surface area contributed by atoms with Crippen LogP contribution < -0.4 is 0 Å². The molecule has 2 aromatic heterocycles. The molecule has 2 heterocycles. The highest BCUT2D eigenvalue weighted by atomic mass is 79.9. The van der Waals surface area contributed by atoms with Crippen molar-refractivity contribution in [2.24, 2.45) is 0 Å². The topological polar surface area (TPSA) is 17.1 Å². The van der Waals surface area contributed by atoms with E-state index in [0.717, 1.165) is 32.4 Å². The summed E-state index contributed by atoms with van der Waals surface area (Å²) >= 11 is 10.3. The van der Waals surface area contributed by atoms with Gasteiger partial charge in [0.1, 0.15) is 0 Å². The van der Waals surface area contributed by atoms with Crippen LogP contribution in [0.5, 0.6) is 0 Å². The Hall–Kier alpha value is 0.0300. The minimum absolute atomic E-state index is 0.0535. The molecule has 0 aromatic carbocycles. The number of ketones is 1. The molecule has 3 rings (SSSR count). The number of hydrogen-bond acceptors (Lipinski definition) is 3. The highest BCUT2D eigenvalue weighted by Gasteiger charge is 2.29. The number of halogens is 2.